The van der Waals surface area contributed by atoms with E-state index in [-0.39, 0.29) is 11.8 Å². The number of anilines is 1. The summed E-state index contributed by atoms with van der Waals surface area (Å²) in [6.45, 7) is 5.17. The minimum atomic E-state index is -0.0401. The first kappa shape index (κ1) is 22.6. The van der Waals surface area contributed by atoms with Crippen LogP contribution in [0.2, 0.25) is 5.02 Å². The zero-order valence-corrected chi connectivity index (χ0v) is 19.5. The van der Waals surface area contributed by atoms with Crippen LogP contribution in [-0.2, 0) is 18.0 Å². The Hall–Kier alpha value is -2.62. The summed E-state index contributed by atoms with van der Waals surface area (Å²) >= 11 is 11.6. The van der Waals surface area contributed by atoms with Gasteiger partial charge in [0.1, 0.15) is 5.82 Å². The number of hydrogen-bond acceptors (Lipinski definition) is 6. The molecule has 4 heterocycles. The van der Waals surface area contributed by atoms with Crippen LogP contribution in [0.25, 0.3) is 11.4 Å². The molecule has 0 bridgehead atoms. The fourth-order valence-corrected chi connectivity index (χ4v) is 4.27. The monoisotopic (exact) mass is 471 g/mol. The number of carbonyl (C=O) groups excluding carboxylic acids is 1. The van der Waals surface area contributed by atoms with Gasteiger partial charge in [0.2, 0.25) is 5.91 Å². The second kappa shape index (κ2) is 10.3. The van der Waals surface area contributed by atoms with Gasteiger partial charge in [-0.3, -0.25) is 19.2 Å². The Morgan fingerprint density at radius 1 is 1.22 bits per heavy atom. The van der Waals surface area contributed by atoms with E-state index in [1.807, 2.05) is 16.8 Å². The van der Waals surface area contributed by atoms with Gasteiger partial charge in [-0.25, -0.2) is 9.67 Å². The second-order valence-electron chi connectivity index (χ2n) is 7.88. The van der Waals surface area contributed by atoms with Crippen molar-refractivity contribution < 1.29 is 4.79 Å². The summed E-state index contributed by atoms with van der Waals surface area (Å²) in [5.41, 5.74) is 1.00. The minimum Gasteiger partial charge on any atom is -0.310 e. The van der Waals surface area contributed by atoms with Crippen molar-refractivity contribution in [2.24, 2.45) is 5.92 Å². The standard InChI is InChI=1S/C22H26ClN7OS/c1-2-11-29-20(16-5-9-24-10-6-16)27-30(22(29)32)15-28-12-7-17(8-13-28)21(31)26-19-4-3-18(23)14-25-19/h3-6,9-10,14,17H,2,7-8,11-13,15H2,1H3,(H,25,26,31). The number of rotatable bonds is 7. The number of nitrogens with zero attached hydrogens (tertiary/aromatic N) is 6. The predicted molar refractivity (Wildman–Crippen MR) is 127 cm³/mol. The molecule has 1 aliphatic heterocycles. The van der Waals surface area contributed by atoms with E-state index in [2.05, 4.69) is 31.7 Å². The molecule has 0 radical (unpaired) electrons. The molecular formula is C22H26ClN7OS. The molecule has 1 fully saturated rings. The lowest BCUT2D eigenvalue weighted by atomic mass is 9.96. The zero-order chi connectivity index (χ0) is 22.5. The SMILES string of the molecule is CCCn1c(-c2ccncc2)nn(CN2CCC(C(=O)Nc3ccc(Cl)cn3)CC2)c1=S. The van der Waals surface area contributed by atoms with E-state index in [4.69, 9.17) is 28.9 Å². The Labute approximate surface area is 197 Å². The van der Waals surface area contributed by atoms with E-state index in [1.54, 1.807) is 24.5 Å². The highest BCUT2D eigenvalue weighted by atomic mass is 35.5. The molecule has 0 aromatic carbocycles. The smallest absolute Gasteiger partial charge is 0.228 e. The first-order valence-corrected chi connectivity index (χ1v) is 11.6. The van der Waals surface area contributed by atoms with Gasteiger partial charge in [0.25, 0.3) is 0 Å². The molecule has 1 N–H and O–H groups in total. The third-order valence-electron chi connectivity index (χ3n) is 5.58. The number of halogens is 1. The number of pyridine rings is 2. The molecular weight excluding hydrogens is 446 g/mol. The Balaban J connectivity index is 1.39. The van der Waals surface area contributed by atoms with Gasteiger partial charge in [0.15, 0.2) is 10.6 Å². The molecule has 0 unspecified atom stereocenters. The molecule has 0 aliphatic carbocycles. The van der Waals surface area contributed by atoms with E-state index in [0.29, 0.717) is 22.3 Å². The average Bonchev–Trinajstić information content (AvgIpc) is 3.12. The van der Waals surface area contributed by atoms with E-state index in [9.17, 15) is 4.79 Å². The maximum atomic E-state index is 12.6. The predicted octanol–water partition coefficient (Wildman–Crippen LogP) is 4.24. The quantitative estimate of drug-likeness (QED) is 0.519. The molecule has 1 amide bonds. The summed E-state index contributed by atoms with van der Waals surface area (Å²) in [5, 5.41) is 8.25. The first-order valence-electron chi connectivity index (χ1n) is 10.8. The van der Waals surface area contributed by atoms with Crippen LogP contribution in [-0.4, -0.2) is 48.2 Å². The number of piperidine rings is 1. The average molecular weight is 472 g/mol. The van der Waals surface area contributed by atoms with Crippen LogP contribution in [0.1, 0.15) is 26.2 Å². The van der Waals surface area contributed by atoms with Crippen molar-refractivity contribution in [1.82, 2.24) is 29.2 Å². The van der Waals surface area contributed by atoms with Crippen molar-refractivity contribution in [3.8, 4) is 11.4 Å². The highest BCUT2D eigenvalue weighted by Gasteiger charge is 2.26. The summed E-state index contributed by atoms with van der Waals surface area (Å²) < 4.78 is 4.69. The lowest BCUT2D eigenvalue weighted by Gasteiger charge is -2.30. The highest BCUT2D eigenvalue weighted by molar-refractivity contribution is 7.71. The van der Waals surface area contributed by atoms with Gasteiger partial charge in [-0.1, -0.05) is 18.5 Å². The molecule has 0 atom stereocenters. The Kier molecular flexibility index (Phi) is 7.29. The summed E-state index contributed by atoms with van der Waals surface area (Å²) in [7, 11) is 0. The van der Waals surface area contributed by atoms with E-state index in [1.165, 1.54) is 6.20 Å². The van der Waals surface area contributed by atoms with Crippen molar-refractivity contribution in [3.63, 3.8) is 0 Å². The van der Waals surface area contributed by atoms with Crippen LogP contribution in [0.15, 0.2) is 42.9 Å². The van der Waals surface area contributed by atoms with Gasteiger partial charge in [0, 0.05) is 49.7 Å². The van der Waals surface area contributed by atoms with Crippen LogP contribution in [0.5, 0.6) is 0 Å². The summed E-state index contributed by atoms with van der Waals surface area (Å²) in [5.74, 6) is 1.35. The number of aromatic nitrogens is 5. The first-order chi connectivity index (χ1) is 15.5. The third kappa shape index (κ3) is 5.23. The van der Waals surface area contributed by atoms with Crippen LogP contribution in [0.3, 0.4) is 0 Å². The molecule has 3 aromatic rings. The van der Waals surface area contributed by atoms with E-state index in [0.717, 1.165) is 50.3 Å². The van der Waals surface area contributed by atoms with Gasteiger partial charge in [-0.15, -0.1) is 0 Å². The largest absolute Gasteiger partial charge is 0.310 e. The van der Waals surface area contributed by atoms with Crippen molar-refractivity contribution in [1.29, 1.82) is 0 Å². The lowest BCUT2D eigenvalue weighted by Crippen LogP contribution is -2.39. The topological polar surface area (TPSA) is 80.9 Å². The number of amides is 1. The van der Waals surface area contributed by atoms with Gasteiger partial charge < -0.3 is 5.32 Å². The van der Waals surface area contributed by atoms with Crippen LogP contribution in [0.4, 0.5) is 5.82 Å². The van der Waals surface area contributed by atoms with E-state index < -0.39 is 0 Å². The number of likely N-dealkylation sites (tertiary alicyclic amines) is 1. The molecule has 0 spiro atoms. The number of hydrogen-bond donors (Lipinski definition) is 1. The molecule has 8 nitrogen and oxygen atoms in total. The van der Waals surface area contributed by atoms with Gasteiger partial charge in [-0.05, 0) is 55.7 Å². The van der Waals surface area contributed by atoms with Gasteiger partial charge in [-0.2, -0.15) is 5.10 Å². The fraction of sp³-hybridized carbons (Fsp3) is 0.409. The minimum absolute atomic E-state index is 0.00304. The van der Waals surface area contributed by atoms with Crippen LogP contribution < -0.4 is 5.32 Å². The molecule has 1 saturated heterocycles. The molecule has 168 valence electrons. The molecule has 1 aliphatic rings. The summed E-state index contributed by atoms with van der Waals surface area (Å²) in [4.78, 5) is 23.1. The zero-order valence-electron chi connectivity index (χ0n) is 17.9. The summed E-state index contributed by atoms with van der Waals surface area (Å²) in [6, 6.07) is 7.33. The van der Waals surface area contributed by atoms with Crippen molar-refractivity contribution in [2.75, 3.05) is 18.4 Å². The molecule has 0 saturated carbocycles. The second-order valence-corrected chi connectivity index (χ2v) is 8.68. The lowest BCUT2D eigenvalue weighted by molar-refractivity contribution is -0.121. The molecule has 4 rings (SSSR count). The van der Waals surface area contributed by atoms with E-state index >= 15 is 0 Å². The third-order valence-corrected chi connectivity index (χ3v) is 6.23. The Morgan fingerprint density at radius 2 is 1.97 bits per heavy atom. The molecule has 3 aromatic heterocycles. The summed E-state index contributed by atoms with van der Waals surface area (Å²) in [6.07, 6.45) is 7.59. The van der Waals surface area contributed by atoms with Crippen molar-refractivity contribution in [2.45, 2.75) is 39.4 Å². The van der Waals surface area contributed by atoms with Gasteiger partial charge >= 0.3 is 0 Å². The molecule has 32 heavy (non-hydrogen) atoms. The van der Waals surface area contributed by atoms with Gasteiger partial charge in [0.05, 0.1) is 11.7 Å². The Morgan fingerprint density at radius 3 is 2.62 bits per heavy atom. The Bertz CT molecular complexity index is 1110. The fourth-order valence-electron chi connectivity index (χ4n) is 3.88. The van der Waals surface area contributed by atoms with Crippen LogP contribution in [0, 0.1) is 10.7 Å². The maximum absolute atomic E-state index is 12.6. The molecule has 10 heteroatoms. The highest BCUT2D eigenvalue weighted by Crippen LogP contribution is 2.22. The van der Waals surface area contributed by atoms with Crippen molar-refractivity contribution >= 4 is 35.5 Å². The normalized spacial score (nSPS) is 15.1. The number of carbonyl (C=O) groups is 1. The maximum Gasteiger partial charge on any atom is 0.228 e. The van der Waals surface area contributed by atoms with Crippen molar-refractivity contribution in [3.05, 3.63) is 52.6 Å². The van der Waals surface area contributed by atoms with Crippen LogP contribution >= 0.6 is 23.8 Å². The number of nitrogens with one attached hydrogen (secondary N) is 1.